The molecule has 0 unspecified atom stereocenters. The van der Waals surface area contributed by atoms with E-state index in [0.29, 0.717) is 11.8 Å². The molecule has 1 aromatic heterocycles. The van der Waals surface area contributed by atoms with Crippen molar-refractivity contribution in [2.45, 2.75) is 39.5 Å². The molecule has 2 rings (SSSR count). The third-order valence-electron chi connectivity index (χ3n) is 3.48. The molecule has 0 saturated carbocycles. The summed E-state index contributed by atoms with van der Waals surface area (Å²) in [6.07, 6.45) is 0. The minimum Gasteiger partial charge on any atom is -0.288 e. The van der Waals surface area contributed by atoms with Crippen molar-refractivity contribution in [2.24, 2.45) is 0 Å². The summed E-state index contributed by atoms with van der Waals surface area (Å²) in [5, 5.41) is 0. The lowest BCUT2D eigenvalue weighted by atomic mass is 9.89. The van der Waals surface area contributed by atoms with Crippen molar-refractivity contribution in [3.63, 3.8) is 0 Å². The fourth-order valence-corrected chi connectivity index (χ4v) is 4.21. The van der Waals surface area contributed by atoms with Crippen LogP contribution in [0.4, 0.5) is 0 Å². The molecular weight excluding hydrogens is 412 g/mol. The number of carbonyl (C=O) groups is 1. The Balaban J connectivity index is 2.49. The SMILES string of the molecule is CC(C)c1ccc(C(=O)c2cc(Br)c(Br)s2)c(C(C)C)c1. The first-order valence-corrected chi connectivity index (χ1v) is 9.34. The van der Waals surface area contributed by atoms with Crippen molar-refractivity contribution in [2.75, 3.05) is 0 Å². The molecule has 112 valence electrons. The van der Waals surface area contributed by atoms with Gasteiger partial charge in [-0.3, -0.25) is 4.79 Å². The predicted octanol–water partition coefficient (Wildman–Crippen LogP) is 6.75. The lowest BCUT2D eigenvalue weighted by Crippen LogP contribution is -2.06. The van der Waals surface area contributed by atoms with Crippen molar-refractivity contribution < 1.29 is 4.79 Å². The van der Waals surface area contributed by atoms with Gasteiger partial charge in [-0.2, -0.15) is 0 Å². The first-order chi connectivity index (χ1) is 9.81. The van der Waals surface area contributed by atoms with Crippen LogP contribution in [0.3, 0.4) is 0 Å². The van der Waals surface area contributed by atoms with Gasteiger partial charge in [-0.25, -0.2) is 0 Å². The van der Waals surface area contributed by atoms with Gasteiger partial charge in [0.15, 0.2) is 0 Å². The molecule has 4 heteroatoms. The number of ketones is 1. The van der Waals surface area contributed by atoms with Crippen LogP contribution in [-0.2, 0) is 0 Å². The molecule has 0 aliphatic rings. The van der Waals surface area contributed by atoms with Gasteiger partial charge in [-0.05, 0) is 60.9 Å². The fourth-order valence-electron chi connectivity index (χ4n) is 2.22. The maximum atomic E-state index is 12.8. The highest BCUT2D eigenvalue weighted by molar-refractivity contribution is 9.13. The molecule has 0 amide bonds. The maximum Gasteiger partial charge on any atom is 0.203 e. The van der Waals surface area contributed by atoms with Crippen molar-refractivity contribution in [1.29, 1.82) is 0 Å². The monoisotopic (exact) mass is 428 g/mol. The Labute approximate surface area is 147 Å². The molecule has 0 bridgehead atoms. The zero-order chi connectivity index (χ0) is 15.7. The van der Waals surface area contributed by atoms with Crippen molar-refractivity contribution in [3.05, 3.63) is 54.1 Å². The van der Waals surface area contributed by atoms with Crippen LogP contribution in [0.25, 0.3) is 0 Å². The van der Waals surface area contributed by atoms with E-state index in [9.17, 15) is 4.79 Å². The van der Waals surface area contributed by atoms with E-state index in [4.69, 9.17) is 0 Å². The van der Waals surface area contributed by atoms with Gasteiger partial charge in [0, 0.05) is 10.0 Å². The molecule has 0 fully saturated rings. The van der Waals surface area contributed by atoms with Crippen LogP contribution in [0, 0.1) is 0 Å². The van der Waals surface area contributed by atoms with Crippen LogP contribution < -0.4 is 0 Å². The number of thiophene rings is 1. The largest absolute Gasteiger partial charge is 0.288 e. The molecule has 1 aromatic carbocycles. The highest BCUT2D eigenvalue weighted by atomic mass is 79.9. The molecule has 0 saturated heterocycles. The molecule has 21 heavy (non-hydrogen) atoms. The average Bonchev–Trinajstić information content (AvgIpc) is 2.77. The quantitative estimate of drug-likeness (QED) is 0.491. The number of hydrogen-bond acceptors (Lipinski definition) is 2. The van der Waals surface area contributed by atoms with Crippen LogP contribution in [-0.4, -0.2) is 5.78 Å². The van der Waals surface area contributed by atoms with E-state index in [1.54, 1.807) is 0 Å². The van der Waals surface area contributed by atoms with Crippen molar-refractivity contribution >= 4 is 49.0 Å². The van der Waals surface area contributed by atoms with E-state index in [1.165, 1.54) is 16.9 Å². The molecule has 1 nitrogen and oxygen atoms in total. The molecule has 0 radical (unpaired) electrons. The van der Waals surface area contributed by atoms with Crippen molar-refractivity contribution in [3.8, 4) is 0 Å². The minimum atomic E-state index is 0.102. The van der Waals surface area contributed by atoms with Crippen LogP contribution in [0.15, 0.2) is 32.5 Å². The van der Waals surface area contributed by atoms with Gasteiger partial charge >= 0.3 is 0 Å². The van der Waals surface area contributed by atoms with Gasteiger partial charge in [0.25, 0.3) is 0 Å². The number of benzene rings is 1. The van der Waals surface area contributed by atoms with Gasteiger partial charge in [0.05, 0.1) is 8.66 Å². The first kappa shape index (κ1) is 16.9. The Morgan fingerprint density at radius 2 is 1.71 bits per heavy atom. The summed E-state index contributed by atoms with van der Waals surface area (Å²) in [6, 6.07) is 8.12. The standard InChI is InChI=1S/C17H18Br2OS/c1-9(2)11-5-6-12(13(7-11)10(3)4)16(20)15-8-14(18)17(19)21-15/h5-10H,1-4H3. The van der Waals surface area contributed by atoms with Crippen molar-refractivity contribution in [1.82, 2.24) is 0 Å². The summed E-state index contributed by atoms with van der Waals surface area (Å²) in [5.41, 5.74) is 3.23. The van der Waals surface area contributed by atoms with Gasteiger partial charge in [-0.1, -0.05) is 45.9 Å². The number of carbonyl (C=O) groups excluding carboxylic acids is 1. The Morgan fingerprint density at radius 1 is 1.05 bits per heavy atom. The van der Waals surface area contributed by atoms with Gasteiger partial charge in [0.1, 0.15) is 0 Å². The second kappa shape index (κ2) is 6.76. The smallest absolute Gasteiger partial charge is 0.203 e. The van der Waals surface area contributed by atoms with E-state index >= 15 is 0 Å². The number of rotatable bonds is 4. The summed E-state index contributed by atoms with van der Waals surface area (Å²) in [4.78, 5) is 13.5. The molecule has 0 aliphatic heterocycles. The predicted molar refractivity (Wildman–Crippen MR) is 97.8 cm³/mol. The minimum absolute atomic E-state index is 0.102. The van der Waals surface area contributed by atoms with Crippen LogP contribution in [0.1, 0.15) is 65.9 Å². The number of hydrogen-bond donors (Lipinski definition) is 0. The van der Waals surface area contributed by atoms with Crippen LogP contribution in [0.5, 0.6) is 0 Å². The second-order valence-corrected chi connectivity index (χ2v) is 8.94. The van der Waals surface area contributed by atoms with E-state index in [2.05, 4.69) is 71.7 Å². The van der Waals surface area contributed by atoms with E-state index < -0.39 is 0 Å². The highest BCUT2D eigenvalue weighted by Gasteiger charge is 2.19. The third-order valence-corrected chi connectivity index (χ3v) is 6.73. The molecule has 0 spiro atoms. The lowest BCUT2D eigenvalue weighted by Gasteiger charge is -2.15. The number of halogens is 2. The van der Waals surface area contributed by atoms with E-state index in [-0.39, 0.29) is 5.78 Å². The fraction of sp³-hybridized carbons (Fsp3) is 0.353. The average molecular weight is 430 g/mol. The first-order valence-electron chi connectivity index (χ1n) is 6.94. The zero-order valence-electron chi connectivity index (χ0n) is 12.5. The van der Waals surface area contributed by atoms with Crippen LogP contribution in [0.2, 0.25) is 0 Å². The molecule has 0 N–H and O–H groups in total. The Morgan fingerprint density at radius 3 is 2.19 bits per heavy atom. The molecule has 0 aliphatic carbocycles. The summed E-state index contributed by atoms with van der Waals surface area (Å²) in [6.45, 7) is 8.62. The van der Waals surface area contributed by atoms with Crippen LogP contribution >= 0.6 is 43.2 Å². The molecule has 0 atom stereocenters. The van der Waals surface area contributed by atoms with E-state index in [0.717, 1.165) is 24.3 Å². The molecule has 2 aromatic rings. The topological polar surface area (TPSA) is 17.1 Å². The Bertz CT molecular complexity index is 652. The highest BCUT2D eigenvalue weighted by Crippen LogP contribution is 2.35. The third kappa shape index (κ3) is 3.66. The van der Waals surface area contributed by atoms with Gasteiger partial charge in [0.2, 0.25) is 5.78 Å². The summed E-state index contributed by atoms with van der Waals surface area (Å²) in [7, 11) is 0. The lowest BCUT2D eigenvalue weighted by molar-refractivity contribution is 0.104. The Hall–Kier alpha value is -0.450. The van der Waals surface area contributed by atoms with E-state index in [1.807, 2.05) is 12.1 Å². The zero-order valence-corrected chi connectivity index (χ0v) is 16.5. The van der Waals surface area contributed by atoms with Gasteiger partial charge < -0.3 is 0 Å². The molecular formula is C17H18Br2OS. The summed E-state index contributed by atoms with van der Waals surface area (Å²) in [5.74, 6) is 0.900. The maximum absolute atomic E-state index is 12.8. The molecule has 1 heterocycles. The van der Waals surface area contributed by atoms with Gasteiger partial charge in [-0.15, -0.1) is 11.3 Å². The summed E-state index contributed by atoms with van der Waals surface area (Å²) < 4.78 is 1.89. The summed E-state index contributed by atoms with van der Waals surface area (Å²) >= 11 is 8.37. The second-order valence-electron chi connectivity index (χ2n) is 5.72. The normalized spacial score (nSPS) is 11.4. The Kier molecular flexibility index (Phi) is 5.44.